The molecule has 3 aromatic rings. The molecule has 1 aromatic carbocycles. The van der Waals surface area contributed by atoms with E-state index in [9.17, 15) is 4.79 Å². The second-order valence-corrected chi connectivity index (χ2v) is 7.17. The number of fused-ring (bicyclic) bond motifs is 1. The van der Waals surface area contributed by atoms with E-state index in [-0.39, 0.29) is 11.9 Å². The minimum Gasteiger partial charge on any atom is -0.349 e. The number of benzene rings is 1. The monoisotopic (exact) mass is 364 g/mol. The largest absolute Gasteiger partial charge is 0.349 e. The molecule has 1 atom stereocenters. The molecule has 2 aromatic heterocycles. The summed E-state index contributed by atoms with van der Waals surface area (Å²) in [6.07, 6.45) is 3.01. The lowest BCUT2D eigenvalue weighted by Gasteiger charge is -2.20. The number of H-pyrrole nitrogens is 1. The lowest BCUT2D eigenvalue weighted by atomic mass is 10.1. The first kappa shape index (κ1) is 17.6. The van der Waals surface area contributed by atoms with Gasteiger partial charge in [-0.1, -0.05) is 6.07 Å². The van der Waals surface area contributed by atoms with Gasteiger partial charge in [0.25, 0.3) is 5.91 Å². The van der Waals surface area contributed by atoms with E-state index in [1.807, 2.05) is 19.1 Å². The van der Waals surface area contributed by atoms with Gasteiger partial charge in [0.1, 0.15) is 11.0 Å². The highest BCUT2D eigenvalue weighted by atomic mass is 16.1. The van der Waals surface area contributed by atoms with Crippen LogP contribution in [0.4, 0.5) is 0 Å². The van der Waals surface area contributed by atoms with Gasteiger partial charge in [-0.05, 0) is 63.1 Å². The maximum absolute atomic E-state index is 12.6. The number of carbonyl (C=O) groups excluding carboxylic acids is 1. The van der Waals surface area contributed by atoms with Crippen LogP contribution in [0.1, 0.15) is 41.0 Å². The van der Waals surface area contributed by atoms with Gasteiger partial charge >= 0.3 is 0 Å². The van der Waals surface area contributed by atoms with Gasteiger partial charge in [0.15, 0.2) is 0 Å². The van der Waals surface area contributed by atoms with E-state index in [1.54, 1.807) is 12.1 Å². The molecule has 140 valence electrons. The molecule has 0 radical (unpaired) electrons. The molecule has 0 bridgehead atoms. The van der Waals surface area contributed by atoms with Crippen LogP contribution >= 0.6 is 0 Å². The lowest BCUT2D eigenvalue weighted by Crippen LogP contribution is -2.35. The number of nitrogens with one attached hydrogen (secondary N) is 2. The van der Waals surface area contributed by atoms with Gasteiger partial charge in [0.2, 0.25) is 0 Å². The van der Waals surface area contributed by atoms with Crippen molar-refractivity contribution in [2.45, 2.75) is 38.8 Å². The number of carbonyl (C=O) groups is 1. The van der Waals surface area contributed by atoms with Gasteiger partial charge in [-0.3, -0.25) is 14.7 Å². The third-order valence-corrected chi connectivity index (χ3v) is 5.07. The van der Waals surface area contributed by atoms with E-state index in [2.05, 4.69) is 42.7 Å². The zero-order valence-corrected chi connectivity index (χ0v) is 15.5. The number of rotatable bonds is 4. The van der Waals surface area contributed by atoms with E-state index >= 15 is 0 Å². The zero-order valence-electron chi connectivity index (χ0n) is 15.5. The maximum Gasteiger partial charge on any atom is 0.251 e. The van der Waals surface area contributed by atoms with Crippen molar-refractivity contribution in [1.82, 2.24) is 30.6 Å². The second kappa shape index (κ2) is 7.84. The number of hydrogen-bond acceptors (Lipinski definition) is 5. The summed E-state index contributed by atoms with van der Waals surface area (Å²) in [6.45, 7) is 4.88. The highest BCUT2D eigenvalue weighted by Crippen LogP contribution is 2.15. The summed E-state index contributed by atoms with van der Waals surface area (Å²) in [6, 6.07) is 11.8. The molecule has 27 heavy (non-hydrogen) atoms. The Balaban J connectivity index is 1.34. The molecule has 0 spiro atoms. The first-order chi connectivity index (χ1) is 13.2. The van der Waals surface area contributed by atoms with Crippen LogP contribution in [0, 0.1) is 6.92 Å². The topological polar surface area (TPSA) is 86.8 Å². The normalized spacial score (nSPS) is 18.3. The molecule has 1 amide bonds. The molecule has 4 rings (SSSR count). The van der Waals surface area contributed by atoms with Crippen molar-refractivity contribution in [2.24, 2.45) is 0 Å². The van der Waals surface area contributed by atoms with Gasteiger partial charge < -0.3 is 5.32 Å². The Morgan fingerprint density at radius 2 is 2.07 bits per heavy atom. The molecular formula is C20H24N6O. The molecule has 3 heterocycles. The van der Waals surface area contributed by atoms with Crippen molar-refractivity contribution in [1.29, 1.82) is 0 Å². The van der Waals surface area contributed by atoms with Gasteiger partial charge in [0, 0.05) is 30.4 Å². The van der Waals surface area contributed by atoms with Gasteiger partial charge in [0.05, 0.1) is 5.69 Å². The average molecular weight is 364 g/mol. The lowest BCUT2D eigenvalue weighted by molar-refractivity contribution is 0.0933. The zero-order chi connectivity index (χ0) is 18.6. The molecule has 0 saturated carbocycles. The van der Waals surface area contributed by atoms with Crippen LogP contribution in [0.3, 0.4) is 0 Å². The molecule has 7 nitrogen and oxygen atoms in total. The summed E-state index contributed by atoms with van der Waals surface area (Å²) in [7, 11) is 0. The summed E-state index contributed by atoms with van der Waals surface area (Å²) >= 11 is 0. The summed E-state index contributed by atoms with van der Waals surface area (Å²) < 4.78 is 0. The van der Waals surface area contributed by atoms with E-state index in [0.717, 1.165) is 55.8 Å². The predicted octanol–water partition coefficient (Wildman–Crippen LogP) is 2.45. The number of likely N-dealkylation sites (tertiary alicyclic amines) is 1. The standard InChI is InChI=1S/C20H24N6O/c1-14-4-2-5-17(21-14)13-26-10-3-6-16(9-11-26)22-20(27)15-7-8-18-19(12-15)24-25-23-18/h2,4-5,7-8,12,16H,3,6,9-11,13H2,1H3,(H,22,27)(H,23,24,25). The van der Waals surface area contributed by atoms with Gasteiger partial charge in [-0.2, -0.15) is 15.4 Å². The number of aromatic nitrogens is 4. The van der Waals surface area contributed by atoms with E-state index in [4.69, 9.17) is 0 Å². The van der Waals surface area contributed by atoms with Crippen LogP contribution in [-0.2, 0) is 6.54 Å². The first-order valence-electron chi connectivity index (χ1n) is 9.44. The summed E-state index contributed by atoms with van der Waals surface area (Å²) in [5.41, 5.74) is 4.26. The molecule has 1 saturated heterocycles. The Kier molecular flexibility index (Phi) is 5.11. The molecule has 1 aliphatic heterocycles. The predicted molar refractivity (Wildman–Crippen MR) is 103 cm³/mol. The number of hydrogen-bond donors (Lipinski definition) is 2. The number of aromatic amines is 1. The van der Waals surface area contributed by atoms with Crippen molar-refractivity contribution >= 4 is 16.9 Å². The third kappa shape index (κ3) is 4.31. The third-order valence-electron chi connectivity index (χ3n) is 5.07. The van der Waals surface area contributed by atoms with Gasteiger partial charge in [-0.25, -0.2) is 0 Å². The van der Waals surface area contributed by atoms with Crippen molar-refractivity contribution < 1.29 is 4.79 Å². The van der Waals surface area contributed by atoms with Crippen LogP contribution in [-0.4, -0.2) is 50.3 Å². The minimum atomic E-state index is -0.0429. The smallest absolute Gasteiger partial charge is 0.251 e. The number of pyridine rings is 1. The van der Waals surface area contributed by atoms with Crippen LogP contribution in [0.2, 0.25) is 0 Å². The van der Waals surface area contributed by atoms with E-state index in [1.165, 1.54) is 0 Å². The van der Waals surface area contributed by atoms with Crippen LogP contribution in [0.5, 0.6) is 0 Å². The second-order valence-electron chi connectivity index (χ2n) is 7.17. The Morgan fingerprint density at radius 3 is 2.96 bits per heavy atom. The fraction of sp³-hybridized carbons (Fsp3) is 0.400. The first-order valence-corrected chi connectivity index (χ1v) is 9.44. The van der Waals surface area contributed by atoms with E-state index < -0.39 is 0 Å². The minimum absolute atomic E-state index is 0.0429. The van der Waals surface area contributed by atoms with Crippen LogP contribution < -0.4 is 5.32 Å². The summed E-state index contributed by atoms with van der Waals surface area (Å²) in [4.78, 5) is 19.6. The summed E-state index contributed by atoms with van der Waals surface area (Å²) in [5, 5.41) is 13.8. The number of aryl methyl sites for hydroxylation is 1. The molecule has 7 heteroatoms. The fourth-order valence-corrected chi connectivity index (χ4v) is 3.63. The highest BCUT2D eigenvalue weighted by molar-refractivity contribution is 5.97. The van der Waals surface area contributed by atoms with E-state index in [0.29, 0.717) is 11.1 Å². The van der Waals surface area contributed by atoms with Crippen LogP contribution in [0.15, 0.2) is 36.4 Å². The van der Waals surface area contributed by atoms with Crippen molar-refractivity contribution in [3.05, 3.63) is 53.3 Å². The Labute approximate surface area is 158 Å². The summed E-state index contributed by atoms with van der Waals surface area (Å²) in [5.74, 6) is -0.0429. The van der Waals surface area contributed by atoms with Gasteiger partial charge in [-0.15, -0.1) is 0 Å². The average Bonchev–Trinajstić information content (AvgIpc) is 3.03. The highest BCUT2D eigenvalue weighted by Gasteiger charge is 2.20. The van der Waals surface area contributed by atoms with Crippen LogP contribution in [0.25, 0.3) is 11.0 Å². The molecule has 0 aliphatic carbocycles. The fourth-order valence-electron chi connectivity index (χ4n) is 3.63. The van der Waals surface area contributed by atoms with Crippen molar-refractivity contribution in [3.63, 3.8) is 0 Å². The Hall–Kier alpha value is -2.80. The molecule has 1 unspecified atom stereocenters. The molecular weight excluding hydrogens is 340 g/mol. The molecule has 1 fully saturated rings. The molecule has 1 aliphatic rings. The Bertz CT molecular complexity index is 937. The SMILES string of the molecule is Cc1cccc(CN2CCCC(NC(=O)c3ccc4n[nH]nc4c3)CC2)n1. The Morgan fingerprint density at radius 1 is 1.19 bits per heavy atom. The quantitative estimate of drug-likeness (QED) is 0.743. The maximum atomic E-state index is 12.6. The van der Waals surface area contributed by atoms with Crippen molar-refractivity contribution in [3.8, 4) is 0 Å². The number of nitrogens with zero attached hydrogens (tertiary/aromatic N) is 4. The van der Waals surface area contributed by atoms with Crippen molar-refractivity contribution in [2.75, 3.05) is 13.1 Å². The number of amides is 1. The molecule has 2 N–H and O–H groups in total.